The lowest BCUT2D eigenvalue weighted by Crippen LogP contribution is -2.33. The van der Waals surface area contributed by atoms with Crippen LogP contribution in [-0.4, -0.2) is 38.0 Å². The number of rotatable bonds is 6. The van der Waals surface area contributed by atoms with Gasteiger partial charge in [-0.25, -0.2) is 0 Å². The van der Waals surface area contributed by atoms with E-state index in [1.54, 1.807) is 12.2 Å². The van der Waals surface area contributed by atoms with Gasteiger partial charge in [-0.15, -0.1) is 0 Å². The number of carbonyl (C=O) groups excluding carboxylic acids is 1. The minimum Gasteiger partial charge on any atom is -0.353 e. The summed E-state index contributed by atoms with van der Waals surface area (Å²) in [5.41, 5.74) is 0.243. The van der Waals surface area contributed by atoms with Gasteiger partial charge in [0.15, 0.2) is 0 Å². The van der Waals surface area contributed by atoms with E-state index < -0.39 is 0 Å². The van der Waals surface area contributed by atoms with E-state index in [-0.39, 0.29) is 11.3 Å². The van der Waals surface area contributed by atoms with E-state index in [0.717, 1.165) is 19.5 Å². The molecule has 0 radical (unpaired) electrons. The summed E-state index contributed by atoms with van der Waals surface area (Å²) in [6.45, 7) is 8.05. The summed E-state index contributed by atoms with van der Waals surface area (Å²) in [6.07, 6.45) is 4.30. The molecule has 0 aromatic carbocycles. The zero-order valence-corrected chi connectivity index (χ0v) is 10.6. The van der Waals surface area contributed by atoms with E-state index in [9.17, 15) is 4.79 Å². The molecule has 1 amide bonds. The van der Waals surface area contributed by atoms with Crippen molar-refractivity contribution in [1.82, 2.24) is 10.2 Å². The maximum atomic E-state index is 11.1. The molecular weight excluding hydrogens is 188 g/mol. The predicted octanol–water partition coefficient (Wildman–Crippen LogP) is 1.66. The zero-order chi connectivity index (χ0) is 11.9. The zero-order valence-electron chi connectivity index (χ0n) is 10.6. The molecule has 0 heterocycles. The van der Waals surface area contributed by atoms with Crippen LogP contribution >= 0.6 is 0 Å². The third kappa shape index (κ3) is 8.18. The van der Waals surface area contributed by atoms with Gasteiger partial charge in [0, 0.05) is 13.1 Å². The van der Waals surface area contributed by atoms with Crippen LogP contribution in [0.2, 0.25) is 0 Å². The highest BCUT2D eigenvalue weighted by Crippen LogP contribution is 2.19. The minimum atomic E-state index is -0.00171. The fourth-order valence-corrected chi connectivity index (χ4v) is 1.67. The molecule has 0 aliphatic rings. The van der Waals surface area contributed by atoms with Gasteiger partial charge in [-0.1, -0.05) is 19.9 Å². The molecule has 88 valence electrons. The van der Waals surface area contributed by atoms with Crippen molar-refractivity contribution in [3.05, 3.63) is 12.2 Å². The summed E-state index contributed by atoms with van der Waals surface area (Å²) in [7, 11) is 4.14. The van der Waals surface area contributed by atoms with Crippen molar-refractivity contribution >= 4 is 5.91 Å². The number of allylic oxidation sites excluding steroid dienone is 1. The van der Waals surface area contributed by atoms with E-state index in [1.165, 1.54) is 0 Å². The highest BCUT2D eigenvalue weighted by atomic mass is 16.1. The van der Waals surface area contributed by atoms with E-state index in [0.29, 0.717) is 0 Å². The van der Waals surface area contributed by atoms with Crippen LogP contribution in [0.25, 0.3) is 0 Å². The molecule has 15 heavy (non-hydrogen) atoms. The molecule has 0 rings (SSSR count). The smallest absolute Gasteiger partial charge is 0.243 e. The van der Waals surface area contributed by atoms with Crippen molar-refractivity contribution in [2.45, 2.75) is 27.2 Å². The standard InChI is InChI=1S/C12H24N2O/c1-6-7-11(15)13-9-8-12(2,3)10-14(4)5/h6-7H,8-10H2,1-5H3,(H,13,15). The Kier molecular flexibility index (Phi) is 6.25. The fraction of sp³-hybridized carbons (Fsp3) is 0.750. The molecule has 0 unspecified atom stereocenters. The summed E-state index contributed by atoms with van der Waals surface area (Å²) in [6, 6.07) is 0. The Balaban J connectivity index is 3.79. The van der Waals surface area contributed by atoms with Gasteiger partial charge < -0.3 is 10.2 Å². The van der Waals surface area contributed by atoms with Crippen molar-refractivity contribution in [3.8, 4) is 0 Å². The average molecular weight is 212 g/mol. The van der Waals surface area contributed by atoms with Crippen LogP contribution in [0, 0.1) is 5.41 Å². The number of hydrogen-bond acceptors (Lipinski definition) is 2. The second kappa shape index (κ2) is 6.62. The summed E-state index contributed by atoms with van der Waals surface area (Å²) >= 11 is 0. The van der Waals surface area contributed by atoms with Crippen molar-refractivity contribution in [2.75, 3.05) is 27.2 Å². The third-order valence-electron chi connectivity index (χ3n) is 2.16. The van der Waals surface area contributed by atoms with Crippen LogP contribution in [0.1, 0.15) is 27.2 Å². The predicted molar refractivity (Wildman–Crippen MR) is 64.8 cm³/mol. The maximum absolute atomic E-state index is 11.1. The van der Waals surface area contributed by atoms with Crippen molar-refractivity contribution in [1.29, 1.82) is 0 Å². The molecule has 0 aromatic heterocycles. The topological polar surface area (TPSA) is 32.3 Å². The molecule has 0 aliphatic carbocycles. The lowest BCUT2D eigenvalue weighted by atomic mass is 9.89. The van der Waals surface area contributed by atoms with E-state index in [4.69, 9.17) is 0 Å². The SMILES string of the molecule is CC=CC(=O)NCCC(C)(C)CN(C)C. The maximum Gasteiger partial charge on any atom is 0.243 e. The first-order chi connectivity index (χ1) is 6.87. The molecule has 0 saturated carbocycles. The van der Waals surface area contributed by atoms with Gasteiger partial charge in [0.05, 0.1) is 0 Å². The quantitative estimate of drug-likeness (QED) is 0.679. The number of amides is 1. The number of nitrogens with zero attached hydrogens (tertiary/aromatic N) is 1. The van der Waals surface area contributed by atoms with Gasteiger partial charge >= 0.3 is 0 Å². The Morgan fingerprint density at radius 3 is 2.47 bits per heavy atom. The molecule has 0 bridgehead atoms. The molecule has 0 spiro atoms. The van der Waals surface area contributed by atoms with Crippen LogP contribution in [0.15, 0.2) is 12.2 Å². The van der Waals surface area contributed by atoms with E-state index >= 15 is 0 Å². The average Bonchev–Trinajstić information content (AvgIpc) is 2.01. The first-order valence-electron chi connectivity index (χ1n) is 5.42. The molecule has 0 aliphatic heterocycles. The molecule has 0 fully saturated rings. The van der Waals surface area contributed by atoms with Crippen LogP contribution in [0.4, 0.5) is 0 Å². The summed E-state index contributed by atoms with van der Waals surface area (Å²) < 4.78 is 0. The van der Waals surface area contributed by atoms with Gasteiger partial charge in [-0.3, -0.25) is 4.79 Å². The van der Waals surface area contributed by atoms with Gasteiger partial charge in [-0.2, -0.15) is 0 Å². The molecule has 0 aromatic rings. The van der Waals surface area contributed by atoms with Crippen LogP contribution in [-0.2, 0) is 4.79 Å². The van der Waals surface area contributed by atoms with E-state index in [1.807, 2.05) is 6.92 Å². The molecule has 3 heteroatoms. The van der Waals surface area contributed by atoms with Crippen molar-refractivity contribution in [3.63, 3.8) is 0 Å². The number of nitrogens with one attached hydrogen (secondary N) is 1. The Hall–Kier alpha value is -0.830. The molecule has 3 nitrogen and oxygen atoms in total. The summed E-state index contributed by atoms with van der Waals surface area (Å²) in [4.78, 5) is 13.3. The van der Waals surface area contributed by atoms with Crippen molar-refractivity contribution < 1.29 is 4.79 Å². The first kappa shape index (κ1) is 14.2. The van der Waals surface area contributed by atoms with Crippen LogP contribution < -0.4 is 5.32 Å². The van der Waals surface area contributed by atoms with Crippen LogP contribution in [0.3, 0.4) is 0 Å². The lowest BCUT2D eigenvalue weighted by Gasteiger charge is -2.28. The van der Waals surface area contributed by atoms with Crippen molar-refractivity contribution in [2.24, 2.45) is 5.41 Å². The molecule has 0 saturated heterocycles. The Morgan fingerprint density at radius 1 is 1.40 bits per heavy atom. The fourth-order valence-electron chi connectivity index (χ4n) is 1.67. The second-order valence-electron chi connectivity index (χ2n) is 4.94. The summed E-state index contributed by atoms with van der Waals surface area (Å²) in [5, 5.41) is 2.87. The molecule has 1 N–H and O–H groups in total. The minimum absolute atomic E-state index is 0.00171. The van der Waals surface area contributed by atoms with Crippen LogP contribution in [0.5, 0.6) is 0 Å². The largest absolute Gasteiger partial charge is 0.353 e. The normalized spacial score (nSPS) is 12.4. The highest BCUT2D eigenvalue weighted by molar-refractivity contribution is 5.87. The lowest BCUT2D eigenvalue weighted by molar-refractivity contribution is -0.116. The number of carbonyl (C=O) groups is 1. The Labute approximate surface area is 93.5 Å². The first-order valence-corrected chi connectivity index (χ1v) is 5.42. The van der Waals surface area contributed by atoms with Gasteiger partial charge in [0.2, 0.25) is 5.91 Å². The summed E-state index contributed by atoms with van der Waals surface area (Å²) in [5.74, 6) is -0.00171. The highest BCUT2D eigenvalue weighted by Gasteiger charge is 2.18. The van der Waals surface area contributed by atoms with Gasteiger partial charge in [0.1, 0.15) is 0 Å². The number of hydrogen-bond donors (Lipinski definition) is 1. The third-order valence-corrected chi connectivity index (χ3v) is 2.16. The molecule has 0 atom stereocenters. The molecular formula is C12H24N2O. The Bertz CT molecular complexity index is 220. The van der Waals surface area contributed by atoms with Gasteiger partial charge in [-0.05, 0) is 38.9 Å². The van der Waals surface area contributed by atoms with E-state index in [2.05, 4.69) is 38.2 Å². The Morgan fingerprint density at radius 2 is 2.00 bits per heavy atom. The monoisotopic (exact) mass is 212 g/mol. The second-order valence-corrected chi connectivity index (χ2v) is 4.94. The van der Waals surface area contributed by atoms with Gasteiger partial charge in [0.25, 0.3) is 0 Å².